The minimum absolute atomic E-state index is 0.239. The van der Waals surface area contributed by atoms with Gasteiger partial charge in [-0.1, -0.05) is 23.7 Å². The van der Waals surface area contributed by atoms with E-state index in [-0.39, 0.29) is 6.79 Å². The minimum atomic E-state index is 0.239. The Morgan fingerprint density at radius 1 is 1.10 bits per heavy atom. The molecule has 0 fully saturated rings. The largest absolute Gasteiger partial charge is 0.454 e. The van der Waals surface area contributed by atoms with E-state index in [1.54, 1.807) is 12.4 Å². The first-order valence-corrected chi connectivity index (χ1v) is 10.8. The first kappa shape index (κ1) is 19.5. The van der Waals surface area contributed by atoms with Gasteiger partial charge in [-0.3, -0.25) is 4.98 Å². The first-order valence-electron chi connectivity index (χ1n) is 9.54. The van der Waals surface area contributed by atoms with Crippen molar-refractivity contribution < 1.29 is 9.47 Å². The third kappa shape index (κ3) is 4.10. The van der Waals surface area contributed by atoms with Gasteiger partial charge in [-0.05, 0) is 49.4 Å². The standard InChI is InChI=1S/C23H17ClN4O2S/c1-15(17-6-9-21-22(11-17)30-14-29-21)27-28-20(16-4-7-18(24)8-5-16)13-31-23(28)26-19-3-2-10-25-12-19/h2-13H,14H2,1H3. The van der Waals surface area contributed by atoms with Crippen LogP contribution >= 0.6 is 22.9 Å². The van der Waals surface area contributed by atoms with E-state index in [0.717, 1.165) is 44.5 Å². The van der Waals surface area contributed by atoms with Gasteiger partial charge in [0.05, 0.1) is 23.3 Å². The zero-order valence-electron chi connectivity index (χ0n) is 16.5. The van der Waals surface area contributed by atoms with Crippen LogP contribution in [0, 0.1) is 0 Å². The monoisotopic (exact) mass is 448 g/mol. The molecule has 0 radical (unpaired) electrons. The van der Waals surface area contributed by atoms with Crippen LogP contribution in [0.25, 0.3) is 11.3 Å². The van der Waals surface area contributed by atoms with Gasteiger partial charge >= 0.3 is 0 Å². The Bertz CT molecular complexity index is 1330. The van der Waals surface area contributed by atoms with Gasteiger partial charge in [0.1, 0.15) is 0 Å². The Kier molecular flexibility index (Phi) is 5.28. The SMILES string of the molecule is CC(=Nn1c(-c2ccc(Cl)cc2)csc1=Nc1cccnc1)c1ccc2c(c1)OCO2. The van der Waals surface area contributed by atoms with Crippen LogP contribution in [0.2, 0.25) is 5.02 Å². The van der Waals surface area contributed by atoms with E-state index < -0.39 is 0 Å². The van der Waals surface area contributed by atoms with Crippen LogP contribution in [0.5, 0.6) is 11.5 Å². The highest BCUT2D eigenvalue weighted by molar-refractivity contribution is 7.07. The molecule has 0 bridgehead atoms. The van der Waals surface area contributed by atoms with E-state index >= 15 is 0 Å². The maximum absolute atomic E-state index is 6.08. The maximum Gasteiger partial charge on any atom is 0.231 e. The van der Waals surface area contributed by atoms with Crippen molar-refractivity contribution >= 4 is 34.3 Å². The second-order valence-electron chi connectivity index (χ2n) is 6.80. The Balaban J connectivity index is 1.64. The third-order valence-corrected chi connectivity index (χ3v) is 5.80. The molecular formula is C23H17ClN4O2S. The summed E-state index contributed by atoms with van der Waals surface area (Å²) in [6.45, 7) is 2.20. The molecule has 8 heteroatoms. The zero-order valence-corrected chi connectivity index (χ0v) is 18.1. The van der Waals surface area contributed by atoms with Crippen LogP contribution in [0.4, 0.5) is 5.69 Å². The lowest BCUT2D eigenvalue weighted by molar-refractivity contribution is 0.174. The molecule has 0 spiro atoms. The molecule has 3 heterocycles. The molecule has 0 unspecified atom stereocenters. The van der Waals surface area contributed by atoms with Crippen LogP contribution in [-0.4, -0.2) is 22.2 Å². The van der Waals surface area contributed by atoms with Gasteiger partial charge in [-0.2, -0.15) is 5.10 Å². The number of ether oxygens (including phenoxy) is 2. The molecule has 4 aromatic rings. The van der Waals surface area contributed by atoms with Gasteiger partial charge in [0, 0.05) is 27.7 Å². The summed E-state index contributed by atoms with van der Waals surface area (Å²) < 4.78 is 12.8. The van der Waals surface area contributed by atoms with Gasteiger partial charge in [-0.15, -0.1) is 11.3 Å². The van der Waals surface area contributed by atoms with Crippen LogP contribution in [-0.2, 0) is 0 Å². The summed E-state index contributed by atoms with van der Waals surface area (Å²) in [6.07, 6.45) is 3.45. The molecule has 2 aromatic carbocycles. The second-order valence-corrected chi connectivity index (χ2v) is 8.07. The van der Waals surface area contributed by atoms with E-state index in [9.17, 15) is 0 Å². The summed E-state index contributed by atoms with van der Waals surface area (Å²) in [5.74, 6) is 1.47. The number of thiazole rings is 1. The predicted molar refractivity (Wildman–Crippen MR) is 122 cm³/mol. The van der Waals surface area contributed by atoms with Gasteiger partial charge in [0.15, 0.2) is 11.5 Å². The van der Waals surface area contributed by atoms with E-state index in [1.807, 2.05) is 71.6 Å². The van der Waals surface area contributed by atoms with Crippen molar-refractivity contribution in [2.24, 2.45) is 10.1 Å². The second kappa shape index (κ2) is 8.37. The molecule has 2 aromatic heterocycles. The van der Waals surface area contributed by atoms with E-state index in [0.29, 0.717) is 5.02 Å². The molecule has 0 atom stereocenters. The average Bonchev–Trinajstić information content (AvgIpc) is 3.42. The molecule has 5 rings (SSSR count). The Labute approximate surface area is 187 Å². The molecule has 31 heavy (non-hydrogen) atoms. The van der Waals surface area contributed by atoms with Crippen molar-refractivity contribution in [1.82, 2.24) is 9.66 Å². The van der Waals surface area contributed by atoms with E-state index in [4.69, 9.17) is 31.2 Å². The third-order valence-electron chi connectivity index (χ3n) is 4.74. The summed E-state index contributed by atoms with van der Waals surface area (Å²) >= 11 is 7.59. The summed E-state index contributed by atoms with van der Waals surface area (Å²) in [5.41, 5.74) is 4.44. The lowest BCUT2D eigenvalue weighted by atomic mass is 10.1. The quantitative estimate of drug-likeness (QED) is 0.387. The van der Waals surface area contributed by atoms with Gasteiger partial charge in [-0.25, -0.2) is 9.67 Å². The number of aromatic nitrogens is 2. The lowest BCUT2D eigenvalue weighted by Crippen LogP contribution is -2.13. The van der Waals surface area contributed by atoms with Crippen LogP contribution in [0.1, 0.15) is 12.5 Å². The highest BCUT2D eigenvalue weighted by Gasteiger charge is 2.15. The molecule has 0 aliphatic carbocycles. The van der Waals surface area contributed by atoms with Crippen molar-refractivity contribution in [2.75, 3.05) is 6.79 Å². The van der Waals surface area contributed by atoms with E-state index in [2.05, 4.69) is 4.98 Å². The number of pyridine rings is 1. The summed E-state index contributed by atoms with van der Waals surface area (Å²) in [7, 11) is 0. The predicted octanol–water partition coefficient (Wildman–Crippen LogP) is 5.50. The number of benzene rings is 2. The Hall–Kier alpha value is -3.42. The minimum Gasteiger partial charge on any atom is -0.454 e. The fourth-order valence-corrected chi connectivity index (χ4v) is 4.13. The van der Waals surface area contributed by atoms with E-state index in [1.165, 1.54) is 11.3 Å². The molecule has 0 N–H and O–H groups in total. The molecular weight excluding hydrogens is 432 g/mol. The number of fused-ring (bicyclic) bond motifs is 1. The van der Waals surface area contributed by atoms with Crippen molar-refractivity contribution in [3.63, 3.8) is 0 Å². The highest BCUT2D eigenvalue weighted by Crippen LogP contribution is 2.32. The lowest BCUT2D eigenvalue weighted by Gasteiger charge is -2.07. The fourth-order valence-electron chi connectivity index (χ4n) is 3.15. The molecule has 1 aliphatic heterocycles. The van der Waals surface area contributed by atoms with Crippen LogP contribution in [0.15, 0.2) is 82.5 Å². The molecule has 154 valence electrons. The fraction of sp³-hybridized carbons (Fsp3) is 0.0870. The van der Waals surface area contributed by atoms with Crippen molar-refractivity contribution in [3.05, 3.63) is 87.8 Å². The summed E-state index contributed by atoms with van der Waals surface area (Å²) in [4.78, 5) is 9.64. The molecule has 1 aliphatic rings. The van der Waals surface area contributed by atoms with Crippen LogP contribution in [0.3, 0.4) is 0 Å². The topological polar surface area (TPSA) is 61.0 Å². The number of halogens is 1. The van der Waals surface area contributed by atoms with Crippen molar-refractivity contribution in [1.29, 1.82) is 0 Å². The Morgan fingerprint density at radius 2 is 1.94 bits per heavy atom. The zero-order chi connectivity index (χ0) is 21.2. The summed E-state index contributed by atoms with van der Waals surface area (Å²) in [6, 6.07) is 17.3. The maximum atomic E-state index is 6.08. The van der Waals surface area contributed by atoms with Gasteiger partial charge in [0.2, 0.25) is 11.6 Å². The Morgan fingerprint density at radius 3 is 2.74 bits per heavy atom. The molecule has 6 nitrogen and oxygen atoms in total. The normalized spacial score (nSPS) is 13.6. The first-order chi connectivity index (χ1) is 15.2. The number of nitrogens with zero attached hydrogens (tertiary/aromatic N) is 4. The van der Waals surface area contributed by atoms with Gasteiger partial charge in [0.25, 0.3) is 0 Å². The molecule has 0 saturated carbocycles. The number of rotatable bonds is 4. The van der Waals surface area contributed by atoms with Gasteiger partial charge < -0.3 is 9.47 Å². The number of hydrogen-bond acceptors (Lipinski definition) is 6. The van der Waals surface area contributed by atoms with Crippen molar-refractivity contribution in [2.45, 2.75) is 6.92 Å². The average molecular weight is 449 g/mol. The van der Waals surface area contributed by atoms with Crippen LogP contribution < -0.4 is 14.3 Å². The smallest absolute Gasteiger partial charge is 0.231 e. The summed E-state index contributed by atoms with van der Waals surface area (Å²) in [5, 5.41) is 7.63. The van der Waals surface area contributed by atoms with Crippen molar-refractivity contribution in [3.8, 4) is 22.8 Å². The highest BCUT2D eigenvalue weighted by atomic mass is 35.5. The molecule has 0 amide bonds. The molecule has 0 saturated heterocycles. The number of hydrogen-bond donors (Lipinski definition) is 0.